The second kappa shape index (κ2) is 9.56. The van der Waals surface area contributed by atoms with E-state index in [0.29, 0.717) is 35.8 Å². The number of aryl methyl sites for hydroxylation is 1. The largest absolute Gasteiger partial charge is 0.493 e. The van der Waals surface area contributed by atoms with Gasteiger partial charge in [0.1, 0.15) is 0 Å². The summed E-state index contributed by atoms with van der Waals surface area (Å²) in [5.41, 5.74) is 4.65. The van der Waals surface area contributed by atoms with Crippen LogP contribution < -0.4 is 14.8 Å². The number of amides is 2. The minimum Gasteiger partial charge on any atom is -0.493 e. The maximum absolute atomic E-state index is 12.8. The molecular weight excluding hydrogens is 404 g/mol. The third-order valence-corrected chi connectivity index (χ3v) is 5.49. The van der Waals surface area contributed by atoms with Crippen LogP contribution in [0.2, 0.25) is 0 Å². The first-order valence-electron chi connectivity index (χ1n) is 10.6. The van der Waals surface area contributed by atoms with Crippen molar-refractivity contribution in [2.75, 3.05) is 25.6 Å². The molecule has 0 aliphatic carbocycles. The van der Waals surface area contributed by atoms with Crippen LogP contribution in [0.3, 0.4) is 0 Å². The number of nitrogens with one attached hydrogen (secondary N) is 1. The van der Waals surface area contributed by atoms with Crippen LogP contribution in [0.15, 0.2) is 66.7 Å². The smallest absolute Gasteiger partial charge is 0.262 e. The third kappa shape index (κ3) is 4.91. The molecule has 0 unspecified atom stereocenters. The summed E-state index contributed by atoms with van der Waals surface area (Å²) in [6.07, 6.45) is 0.790. The van der Waals surface area contributed by atoms with E-state index >= 15 is 0 Å². The summed E-state index contributed by atoms with van der Waals surface area (Å²) < 4.78 is 10.9. The highest BCUT2D eigenvalue weighted by atomic mass is 16.5. The molecule has 0 radical (unpaired) electrons. The van der Waals surface area contributed by atoms with Gasteiger partial charge in [0, 0.05) is 24.3 Å². The fourth-order valence-electron chi connectivity index (χ4n) is 3.81. The van der Waals surface area contributed by atoms with Gasteiger partial charge in [-0.05, 0) is 66.4 Å². The van der Waals surface area contributed by atoms with Crippen LogP contribution in [-0.2, 0) is 17.8 Å². The first-order valence-corrected chi connectivity index (χ1v) is 10.6. The fourth-order valence-corrected chi connectivity index (χ4v) is 3.81. The predicted octanol–water partition coefficient (Wildman–Crippen LogP) is 4.22. The van der Waals surface area contributed by atoms with Gasteiger partial charge in [-0.3, -0.25) is 9.59 Å². The summed E-state index contributed by atoms with van der Waals surface area (Å²) >= 11 is 0. The summed E-state index contributed by atoms with van der Waals surface area (Å²) in [5, 5.41) is 2.88. The molecule has 0 saturated heterocycles. The molecule has 1 aliphatic rings. The number of ether oxygens (including phenoxy) is 2. The number of carbonyl (C=O) groups excluding carboxylic acids is 2. The zero-order chi connectivity index (χ0) is 22.5. The Labute approximate surface area is 187 Å². The van der Waals surface area contributed by atoms with Gasteiger partial charge in [0.05, 0.1) is 7.11 Å². The summed E-state index contributed by atoms with van der Waals surface area (Å²) in [6.45, 7) is 3.03. The van der Waals surface area contributed by atoms with E-state index in [1.54, 1.807) is 13.2 Å². The third-order valence-electron chi connectivity index (χ3n) is 5.49. The zero-order valence-corrected chi connectivity index (χ0v) is 18.3. The van der Waals surface area contributed by atoms with Crippen LogP contribution in [-0.4, -0.2) is 37.0 Å². The molecule has 164 valence electrons. The van der Waals surface area contributed by atoms with E-state index in [4.69, 9.17) is 9.47 Å². The molecule has 0 spiro atoms. The monoisotopic (exact) mass is 430 g/mol. The summed E-state index contributed by atoms with van der Waals surface area (Å²) in [6, 6.07) is 20.7. The van der Waals surface area contributed by atoms with E-state index in [2.05, 4.69) is 5.32 Å². The number of nitrogens with zero attached hydrogens (tertiary/aromatic N) is 1. The molecule has 0 aromatic heterocycles. The minimum absolute atomic E-state index is 0.0196. The molecule has 0 saturated carbocycles. The lowest BCUT2D eigenvalue weighted by molar-refractivity contribution is -0.118. The van der Waals surface area contributed by atoms with Gasteiger partial charge in [-0.2, -0.15) is 0 Å². The van der Waals surface area contributed by atoms with Crippen LogP contribution in [0.1, 0.15) is 27.0 Å². The van der Waals surface area contributed by atoms with E-state index in [9.17, 15) is 9.59 Å². The molecule has 3 aromatic rings. The normalized spacial score (nSPS) is 12.6. The number of hydrogen-bond acceptors (Lipinski definition) is 4. The van der Waals surface area contributed by atoms with E-state index in [0.717, 1.165) is 17.5 Å². The van der Waals surface area contributed by atoms with E-state index < -0.39 is 0 Å². The Kier molecular flexibility index (Phi) is 6.40. The Hall–Kier alpha value is -3.80. The first-order chi connectivity index (χ1) is 15.5. The van der Waals surface area contributed by atoms with Crippen LogP contribution in [0, 0.1) is 6.92 Å². The van der Waals surface area contributed by atoms with Gasteiger partial charge in [0.25, 0.3) is 11.8 Å². The van der Waals surface area contributed by atoms with Crippen molar-refractivity contribution in [1.29, 1.82) is 0 Å². The summed E-state index contributed by atoms with van der Waals surface area (Å²) in [7, 11) is 1.57. The minimum atomic E-state index is -0.263. The van der Waals surface area contributed by atoms with Crippen molar-refractivity contribution in [2.45, 2.75) is 19.9 Å². The molecule has 1 aliphatic heterocycles. The second-order valence-electron chi connectivity index (χ2n) is 7.82. The lowest BCUT2D eigenvalue weighted by Crippen LogP contribution is -2.36. The molecular formula is C26H26N2O4. The molecule has 1 heterocycles. The van der Waals surface area contributed by atoms with E-state index in [-0.39, 0.29) is 18.4 Å². The average molecular weight is 431 g/mol. The van der Waals surface area contributed by atoms with Crippen LogP contribution in [0.4, 0.5) is 5.69 Å². The van der Waals surface area contributed by atoms with Crippen LogP contribution in [0.5, 0.6) is 11.5 Å². The van der Waals surface area contributed by atoms with Crippen molar-refractivity contribution in [3.8, 4) is 11.5 Å². The Bertz CT molecular complexity index is 1130. The Morgan fingerprint density at radius 1 is 0.969 bits per heavy atom. The van der Waals surface area contributed by atoms with Gasteiger partial charge in [-0.25, -0.2) is 0 Å². The molecule has 0 bridgehead atoms. The number of methoxy groups -OCH3 is 1. The topological polar surface area (TPSA) is 67.9 Å². The number of hydrogen-bond donors (Lipinski definition) is 1. The molecule has 3 aromatic carbocycles. The average Bonchev–Trinajstić information content (AvgIpc) is 2.82. The van der Waals surface area contributed by atoms with Crippen molar-refractivity contribution < 1.29 is 19.1 Å². The highest BCUT2D eigenvalue weighted by Gasteiger charge is 2.22. The lowest BCUT2D eigenvalue weighted by Gasteiger charge is -2.29. The molecule has 32 heavy (non-hydrogen) atoms. The SMILES string of the molecule is COc1cc(C)ccc1OCC(=O)Nc1ccc2c(c1)CN(C(=O)c1ccccc1)CC2. The predicted molar refractivity (Wildman–Crippen MR) is 123 cm³/mol. The maximum atomic E-state index is 12.8. The van der Waals surface area contributed by atoms with E-state index in [1.165, 1.54) is 5.56 Å². The van der Waals surface area contributed by atoms with Crippen molar-refractivity contribution >= 4 is 17.5 Å². The number of rotatable bonds is 6. The highest BCUT2D eigenvalue weighted by molar-refractivity contribution is 5.94. The summed E-state index contributed by atoms with van der Waals surface area (Å²) in [4.78, 5) is 27.1. The molecule has 6 nitrogen and oxygen atoms in total. The van der Waals surface area contributed by atoms with Crippen LogP contribution in [0.25, 0.3) is 0 Å². The molecule has 0 atom stereocenters. The number of anilines is 1. The Morgan fingerprint density at radius 3 is 2.56 bits per heavy atom. The molecule has 6 heteroatoms. The van der Waals surface area contributed by atoms with Gasteiger partial charge < -0.3 is 19.7 Å². The number of carbonyl (C=O) groups is 2. The quantitative estimate of drug-likeness (QED) is 0.636. The van der Waals surface area contributed by atoms with Crippen molar-refractivity contribution in [2.24, 2.45) is 0 Å². The van der Waals surface area contributed by atoms with Crippen molar-refractivity contribution in [1.82, 2.24) is 4.90 Å². The van der Waals surface area contributed by atoms with Crippen LogP contribution >= 0.6 is 0 Å². The second-order valence-corrected chi connectivity index (χ2v) is 7.82. The van der Waals surface area contributed by atoms with Gasteiger partial charge in [0.15, 0.2) is 18.1 Å². The van der Waals surface area contributed by atoms with Gasteiger partial charge in [-0.1, -0.05) is 30.3 Å². The molecule has 1 N–H and O–H groups in total. The van der Waals surface area contributed by atoms with Gasteiger partial charge in [0.2, 0.25) is 0 Å². The van der Waals surface area contributed by atoms with E-state index in [1.807, 2.05) is 72.5 Å². The Balaban J connectivity index is 1.39. The molecule has 4 rings (SSSR count). The molecule has 0 fully saturated rings. The van der Waals surface area contributed by atoms with Crippen molar-refractivity contribution in [3.63, 3.8) is 0 Å². The van der Waals surface area contributed by atoms with Gasteiger partial charge in [-0.15, -0.1) is 0 Å². The lowest BCUT2D eigenvalue weighted by atomic mass is 9.98. The Morgan fingerprint density at radius 2 is 1.78 bits per heavy atom. The maximum Gasteiger partial charge on any atom is 0.262 e. The van der Waals surface area contributed by atoms with Gasteiger partial charge >= 0.3 is 0 Å². The first kappa shape index (κ1) is 21.4. The number of benzene rings is 3. The highest BCUT2D eigenvalue weighted by Crippen LogP contribution is 2.28. The summed E-state index contributed by atoms with van der Waals surface area (Å²) in [5.74, 6) is 0.871. The molecule has 2 amide bonds. The zero-order valence-electron chi connectivity index (χ0n) is 18.3. The standard InChI is InChI=1S/C26H26N2O4/c1-18-8-11-23(24(14-18)31-2)32-17-25(29)27-22-10-9-19-12-13-28(16-21(19)15-22)26(30)20-6-4-3-5-7-20/h3-11,14-15H,12-13,16-17H2,1-2H3,(H,27,29). The van der Waals surface area contributed by atoms with Crippen molar-refractivity contribution in [3.05, 3.63) is 89.0 Å². The fraction of sp³-hybridized carbons (Fsp3) is 0.231. The number of fused-ring (bicyclic) bond motifs is 1.